The first-order valence-corrected chi connectivity index (χ1v) is 1.71. The maximum absolute atomic E-state index is 11.0. The molecule has 0 bridgehead atoms. The molecular weight excluding hydrogens is 106 g/mol. The van der Waals surface area contributed by atoms with E-state index in [1.807, 2.05) is 0 Å². The zero-order chi connectivity index (χ0) is 5.15. The summed E-state index contributed by atoms with van der Waals surface area (Å²) in [5, 5.41) is 8.98. The maximum Gasteiger partial charge on any atom is 0.339 e. The van der Waals surface area contributed by atoms with Crippen molar-refractivity contribution >= 4 is 11.6 Å². The zero-order valence-electron chi connectivity index (χ0n) is 3.16. The van der Waals surface area contributed by atoms with Crippen molar-refractivity contribution in [2.24, 2.45) is 0 Å². The van der Waals surface area contributed by atoms with E-state index < -0.39 is 6.01 Å². The van der Waals surface area contributed by atoms with E-state index in [2.05, 4.69) is 0 Å². The van der Waals surface area contributed by atoms with Gasteiger partial charge < -0.3 is 0 Å². The van der Waals surface area contributed by atoms with Crippen molar-refractivity contribution in [1.82, 2.24) is 0 Å². The highest BCUT2D eigenvalue weighted by atomic mass is 35.5. The first-order chi connectivity index (χ1) is 2.64. The lowest BCUT2D eigenvalue weighted by molar-refractivity contribution is 0.196. The van der Waals surface area contributed by atoms with Crippen LogP contribution >= 0.6 is 11.6 Å². The number of rotatable bonds is 0. The lowest BCUT2D eigenvalue weighted by Gasteiger charge is -1.74. The van der Waals surface area contributed by atoms with Gasteiger partial charge in [0, 0.05) is 0 Å². The fourth-order valence-electron chi connectivity index (χ4n) is 0. The van der Waals surface area contributed by atoms with E-state index >= 15 is 0 Å². The largest absolute Gasteiger partial charge is 0.339 e. The summed E-state index contributed by atoms with van der Waals surface area (Å²) in [6, 6.07) is -1.56. The summed E-state index contributed by atoms with van der Waals surface area (Å²) in [6.45, 7) is 1.20. The molecular formula is C3H3ClFO. The molecule has 0 aliphatic heterocycles. The van der Waals surface area contributed by atoms with E-state index in [4.69, 9.17) is 11.6 Å². The molecule has 0 aliphatic carbocycles. The standard InChI is InChI=1S/C3H3ClFO/c1-2(4)3(5)6/h1H3/b3-2+. The van der Waals surface area contributed by atoms with Crippen molar-refractivity contribution in [3.8, 4) is 0 Å². The molecule has 0 amide bonds. The highest BCUT2D eigenvalue weighted by Gasteiger charge is 1.91. The molecule has 1 nitrogen and oxygen atoms in total. The lowest BCUT2D eigenvalue weighted by atomic mass is 10.7. The van der Waals surface area contributed by atoms with Gasteiger partial charge in [0.1, 0.15) is 0 Å². The predicted molar refractivity (Wildman–Crippen MR) is 20.3 cm³/mol. The number of allylic oxidation sites excluding steroid dienone is 1. The van der Waals surface area contributed by atoms with Gasteiger partial charge in [0.25, 0.3) is 0 Å². The summed E-state index contributed by atoms with van der Waals surface area (Å²) in [7, 11) is 0. The second-order valence-corrected chi connectivity index (χ2v) is 1.37. The first kappa shape index (κ1) is 5.76. The van der Waals surface area contributed by atoms with E-state index in [-0.39, 0.29) is 5.03 Å². The minimum absolute atomic E-state index is 0.324. The Balaban J connectivity index is 3.68. The summed E-state index contributed by atoms with van der Waals surface area (Å²) < 4.78 is 11.0. The monoisotopic (exact) mass is 109 g/mol. The Kier molecular flexibility index (Phi) is 1.95. The van der Waals surface area contributed by atoms with Crippen molar-refractivity contribution in [3.63, 3.8) is 0 Å². The Bertz CT molecular complexity index is 60.9. The molecule has 0 N–H and O–H groups in total. The number of hydrogen-bond donors (Lipinski definition) is 0. The van der Waals surface area contributed by atoms with Crippen molar-refractivity contribution in [2.75, 3.05) is 0 Å². The van der Waals surface area contributed by atoms with Gasteiger partial charge in [-0.05, 0) is 6.92 Å². The molecule has 0 saturated heterocycles. The molecule has 3 heteroatoms. The highest BCUT2D eigenvalue weighted by Crippen LogP contribution is 2.04. The van der Waals surface area contributed by atoms with E-state index in [0.717, 1.165) is 0 Å². The van der Waals surface area contributed by atoms with Crippen molar-refractivity contribution < 1.29 is 9.50 Å². The average molecular weight is 110 g/mol. The van der Waals surface area contributed by atoms with Crippen LogP contribution in [0.15, 0.2) is 11.0 Å². The summed E-state index contributed by atoms with van der Waals surface area (Å²) in [5.41, 5.74) is 0. The van der Waals surface area contributed by atoms with Crippen LogP contribution in [0.5, 0.6) is 0 Å². The lowest BCUT2D eigenvalue weighted by Crippen LogP contribution is -1.63. The van der Waals surface area contributed by atoms with Gasteiger partial charge >= 0.3 is 6.01 Å². The van der Waals surface area contributed by atoms with Gasteiger partial charge in [-0.3, -0.25) is 5.11 Å². The summed E-state index contributed by atoms with van der Waals surface area (Å²) in [5.74, 6) is 0. The highest BCUT2D eigenvalue weighted by molar-refractivity contribution is 6.29. The smallest absolute Gasteiger partial charge is 0.255 e. The molecule has 0 unspecified atom stereocenters. The second-order valence-electron chi connectivity index (χ2n) is 0.807. The topological polar surface area (TPSA) is 19.9 Å². The fourth-order valence-corrected chi connectivity index (χ4v) is 0. The van der Waals surface area contributed by atoms with Crippen LogP contribution in [0.4, 0.5) is 4.39 Å². The van der Waals surface area contributed by atoms with Gasteiger partial charge in [0.15, 0.2) is 0 Å². The van der Waals surface area contributed by atoms with E-state index in [1.165, 1.54) is 6.92 Å². The van der Waals surface area contributed by atoms with Crippen LogP contribution < -0.4 is 0 Å². The predicted octanol–water partition coefficient (Wildman–Crippen LogP) is 1.81. The third-order valence-electron chi connectivity index (χ3n) is 0.271. The maximum atomic E-state index is 11.0. The fraction of sp³-hybridized carbons (Fsp3) is 0.333. The quantitative estimate of drug-likeness (QED) is 0.423. The van der Waals surface area contributed by atoms with Gasteiger partial charge in [-0.2, -0.15) is 4.39 Å². The molecule has 6 heavy (non-hydrogen) atoms. The van der Waals surface area contributed by atoms with Crippen LogP contribution in [0.3, 0.4) is 0 Å². The molecule has 0 spiro atoms. The Morgan fingerprint density at radius 3 is 2.00 bits per heavy atom. The third-order valence-corrected chi connectivity index (χ3v) is 0.419. The van der Waals surface area contributed by atoms with Gasteiger partial charge in [-0.15, -0.1) is 0 Å². The molecule has 35 valence electrons. The Hall–Kier alpha value is -0.240. The van der Waals surface area contributed by atoms with Crippen molar-refractivity contribution in [1.29, 1.82) is 0 Å². The molecule has 0 aromatic heterocycles. The minimum Gasteiger partial charge on any atom is -0.255 e. The minimum atomic E-state index is -1.56. The molecule has 0 aliphatic rings. The SMILES string of the molecule is C/C(Cl)=C(\[O])F. The molecule has 1 radical (unpaired) electrons. The van der Waals surface area contributed by atoms with E-state index in [0.29, 0.717) is 0 Å². The Morgan fingerprint density at radius 1 is 1.83 bits per heavy atom. The Labute approximate surface area is 40.0 Å². The molecule has 0 fully saturated rings. The van der Waals surface area contributed by atoms with Gasteiger partial charge in [0.2, 0.25) is 0 Å². The van der Waals surface area contributed by atoms with Gasteiger partial charge in [-0.25, -0.2) is 0 Å². The van der Waals surface area contributed by atoms with Crippen LogP contribution in [0.25, 0.3) is 0 Å². The average Bonchev–Trinajstić information content (AvgIpc) is 1.36. The Morgan fingerprint density at radius 2 is 2.00 bits per heavy atom. The molecule has 0 aromatic carbocycles. The summed E-state index contributed by atoms with van der Waals surface area (Å²) in [4.78, 5) is 0. The van der Waals surface area contributed by atoms with Crippen molar-refractivity contribution in [3.05, 3.63) is 11.0 Å². The van der Waals surface area contributed by atoms with Crippen LogP contribution in [-0.2, 0) is 5.11 Å². The zero-order valence-corrected chi connectivity index (χ0v) is 3.92. The third kappa shape index (κ3) is 2.03. The second kappa shape index (κ2) is 2.03. The molecule has 0 rings (SSSR count). The van der Waals surface area contributed by atoms with Crippen LogP contribution in [-0.4, -0.2) is 0 Å². The number of hydrogen-bond acceptors (Lipinski definition) is 0. The van der Waals surface area contributed by atoms with Crippen LogP contribution in [0.1, 0.15) is 6.92 Å². The summed E-state index contributed by atoms with van der Waals surface area (Å²) >= 11 is 4.80. The summed E-state index contributed by atoms with van der Waals surface area (Å²) in [6.07, 6.45) is 0. The van der Waals surface area contributed by atoms with Gasteiger partial charge in [-0.1, -0.05) is 11.6 Å². The van der Waals surface area contributed by atoms with Crippen molar-refractivity contribution in [2.45, 2.75) is 6.92 Å². The van der Waals surface area contributed by atoms with Crippen LogP contribution in [0.2, 0.25) is 0 Å². The normalized spacial score (nSPS) is 13.8. The van der Waals surface area contributed by atoms with Crippen LogP contribution in [0, 0.1) is 0 Å². The number of halogens is 2. The van der Waals surface area contributed by atoms with E-state index in [9.17, 15) is 9.50 Å². The van der Waals surface area contributed by atoms with E-state index in [1.54, 1.807) is 0 Å². The molecule has 0 atom stereocenters. The molecule has 0 saturated carbocycles. The first-order valence-electron chi connectivity index (χ1n) is 1.33. The molecule has 0 heterocycles. The van der Waals surface area contributed by atoms with Gasteiger partial charge in [0.05, 0.1) is 5.03 Å². The molecule has 0 aromatic rings.